The van der Waals surface area contributed by atoms with E-state index in [4.69, 9.17) is 4.42 Å². The van der Waals surface area contributed by atoms with Crippen LogP contribution in [0.2, 0.25) is 0 Å². The number of carbonyl (C=O) groups is 2. The molecule has 1 aromatic carbocycles. The summed E-state index contributed by atoms with van der Waals surface area (Å²) in [4.78, 5) is 35.9. The maximum absolute atomic E-state index is 12.3. The summed E-state index contributed by atoms with van der Waals surface area (Å²) in [6, 6.07) is 13.0. The Morgan fingerprint density at radius 3 is 2.54 bits per heavy atom. The highest BCUT2D eigenvalue weighted by Gasteiger charge is 2.10. The Bertz CT molecular complexity index is 1010. The Hall–Kier alpha value is -3.68. The normalized spacial score (nSPS) is 10.5. The van der Waals surface area contributed by atoms with E-state index < -0.39 is 0 Å². The molecular weight excluding hydrogens is 360 g/mol. The highest BCUT2D eigenvalue weighted by atomic mass is 16.3. The van der Waals surface area contributed by atoms with E-state index in [1.54, 1.807) is 36.4 Å². The Morgan fingerprint density at radius 1 is 1.07 bits per heavy atom. The van der Waals surface area contributed by atoms with Crippen LogP contribution in [0.1, 0.15) is 40.0 Å². The lowest BCUT2D eigenvalue weighted by atomic mass is 10.2. The molecule has 0 unspecified atom stereocenters. The van der Waals surface area contributed by atoms with E-state index >= 15 is 0 Å². The second kappa shape index (κ2) is 8.81. The molecule has 2 aromatic heterocycles. The highest BCUT2D eigenvalue weighted by molar-refractivity contribution is 6.02. The fraction of sp³-hybridized carbons (Fsp3) is 0.200. The molecule has 0 atom stereocenters. The second-order valence-corrected chi connectivity index (χ2v) is 6.09. The van der Waals surface area contributed by atoms with Gasteiger partial charge in [-0.3, -0.25) is 14.4 Å². The third kappa shape index (κ3) is 4.73. The molecular formula is C20H20N4O4. The summed E-state index contributed by atoms with van der Waals surface area (Å²) in [6.45, 7) is 2.69. The summed E-state index contributed by atoms with van der Waals surface area (Å²) in [7, 11) is 0. The fourth-order valence-electron chi connectivity index (χ4n) is 2.52. The average Bonchev–Trinajstić information content (AvgIpc) is 3.24. The van der Waals surface area contributed by atoms with Crippen LogP contribution in [0.4, 0.5) is 5.69 Å². The van der Waals surface area contributed by atoms with Crippen molar-refractivity contribution in [2.75, 3.05) is 5.32 Å². The Labute approximate surface area is 161 Å². The molecule has 2 N–H and O–H groups in total. The maximum Gasteiger partial charge on any atom is 0.291 e. The van der Waals surface area contributed by atoms with Gasteiger partial charge in [0.2, 0.25) is 0 Å². The molecule has 3 rings (SSSR count). The monoisotopic (exact) mass is 380 g/mol. The first-order valence-corrected chi connectivity index (χ1v) is 8.87. The van der Waals surface area contributed by atoms with Crippen LogP contribution in [0.25, 0.3) is 0 Å². The van der Waals surface area contributed by atoms with E-state index in [1.807, 2.05) is 6.92 Å². The van der Waals surface area contributed by atoms with Gasteiger partial charge >= 0.3 is 0 Å². The number of rotatable bonds is 7. The van der Waals surface area contributed by atoms with Crippen LogP contribution in [-0.4, -0.2) is 21.6 Å². The van der Waals surface area contributed by atoms with Crippen molar-refractivity contribution in [1.29, 1.82) is 0 Å². The van der Waals surface area contributed by atoms with E-state index in [1.165, 1.54) is 23.1 Å². The minimum atomic E-state index is -0.361. The maximum atomic E-state index is 12.3. The lowest BCUT2D eigenvalue weighted by molar-refractivity contribution is 0.0942. The summed E-state index contributed by atoms with van der Waals surface area (Å²) in [6.07, 6.45) is 2.19. The third-order valence-corrected chi connectivity index (χ3v) is 3.94. The number of nitrogens with zero attached hydrogens (tertiary/aromatic N) is 2. The van der Waals surface area contributed by atoms with Crippen LogP contribution in [-0.2, 0) is 13.1 Å². The first-order chi connectivity index (χ1) is 13.6. The van der Waals surface area contributed by atoms with Gasteiger partial charge in [0.15, 0.2) is 5.76 Å². The lowest BCUT2D eigenvalue weighted by Gasteiger charge is -2.08. The molecule has 0 spiro atoms. The Morgan fingerprint density at radius 2 is 1.86 bits per heavy atom. The number of nitrogens with one attached hydrogen (secondary N) is 2. The number of aromatic nitrogens is 2. The molecule has 0 aliphatic rings. The molecule has 0 aliphatic carbocycles. The first kappa shape index (κ1) is 19.1. The van der Waals surface area contributed by atoms with E-state index in [0.717, 1.165) is 12.0 Å². The Balaban J connectivity index is 1.57. The van der Waals surface area contributed by atoms with Gasteiger partial charge in [-0.1, -0.05) is 19.1 Å². The van der Waals surface area contributed by atoms with E-state index in [9.17, 15) is 14.4 Å². The van der Waals surface area contributed by atoms with Crippen molar-refractivity contribution in [2.45, 2.75) is 26.4 Å². The molecule has 144 valence electrons. The van der Waals surface area contributed by atoms with Gasteiger partial charge in [-0.2, -0.15) is 5.10 Å². The van der Waals surface area contributed by atoms with E-state index in [2.05, 4.69) is 15.7 Å². The average molecular weight is 380 g/mol. The molecule has 2 heterocycles. The van der Waals surface area contributed by atoms with Crippen LogP contribution in [0.15, 0.2) is 64.0 Å². The molecule has 0 saturated carbocycles. The molecule has 8 nitrogen and oxygen atoms in total. The summed E-state index contributed by atoms with van der Waals surface area (Å²) >= 11 is 0. The molecule has 0 bridgehead atoms. The molecule has 0 radical (unpaired) electrons. The fourth-order valence-corrected chi connectivity index (χ4v) is 2.52. The number of carbonyl (C=O) groups excluding carboxylic acids is 2. The molecule has 2 amide bonds. The zero-order valence-corrected chi connectivity index (χ0v) is 15.3. The zero-order chi connectivity index (χ0) is 19.9. The van der Waals surface area contributed by atoms with E-state index in [0.29, 0.717) is 18.8 Å². The van der Waals surface area contributed by atoms with Crippen molar-refractivity contribution < 1.29 is 14.0 Å². The summed E-state index contributed by atoms with van der Waals surface area (Å²) < 4.78 is 6.33. The van der Waals surface area contributed by atoms with Crippen LogP contribution in [0.5, 0.6) is 0 Å². The van der Waals surface area contributed by atoms with Gasteiger partial charge < -0.3 is 15.1 Å². The van der Waals surface area contributed by atoms with Crippen molar-refractivity contribution in [3.63, 3.8) is 0 Å². The predicted molar refractivity (Wildman–Crippen MR) is 103 cm³/mol. The highest BCUT2D eigenvalue weighted by Crippen LogP contribution is 2.12. The van der Waals surface area contributed by atoms with Crippen LogP contribution in [0, 0.1) is 0 Å². The number of hydrogen-bond acceptors (Lipinski definition) is 5. The number of benzene rings is 1. The summed E-state index contributed by atoms with van der Waals surface area (Å²) in [5.41, 5.74) is 1.43. The van der Waals surface area contributed by atoms with Gasteiger partial charge in [-0.25, -0.2) is 4.68 Å². The van der Waals surface area contributed by atoms with Crippen molar-refractivity contribution in [2.24, 2.45) is 0 Å². The number of amides is 2. The minimum Gasteiger partial charge on any atom is -0.459 e. The molecule has 0 saturated heterocycles. The van der Waals surface area contributed by atoms with Crippen molar-refractivity contribution in [1.82, 2.24) is 15.1 Å². The van der Waals surface area contributed by atoms with Gasteiger partial charge in [-0.15, -0.1) is 0 Å². The van der Waals surface area contributed by atoms with Gasteiger partial charge in [0.1, 0.15) is 5.69 Å². The molecule has 3 aromatic rings. The lowest BCUT2D eigenvalue weighted by Crippen LogP contribution is -2.29. The van der Waals surface area contributed by atoms with Crippen molar-refractivity contribution in [3.8, 4) is 0 Å². The topological polar surface area (TPSA) is 106 Å². The first-order valence-electron chi connectivity index (χ1n) is 8.87. The molecule has 8 heteroatoms. The van der Waals surface area contributed by atoms with Crippen molar-refractivity contribution in [3.05, 3.63) is 82.2 Å². The molecule has 0 aliphatic heterocycles. The standard InChI is InChI=1S/C20H20N4O4/c1-2-11-24-18(25)10-9-16(23-24)19(26)21-13-14-5-7-15(8-6-14)22-20(27)17-4-3-12-28-17/h3-10,12H,2,11,13H2,1H3,(H,21,26)(H,22,27). The van der Waals surface area contributed by atoms with Gasteiger partial charge in [0, 0.05) is 24.8 Å². The van der Waals surface area contributed by atoms with Crippen LogP contribution >= 0.6 is 0 Å². The zero-order valence-electron chi connectivity index (χ0n) is 15.3. The number of hydrogen-bond donors (Lipinski definition) is 2. The minimum absolute atomic E-state index is 0.190. The molecule has 28 heavy (non-hydrogen) atoms. The number of furan rings is 1. The van der Waals surface area contributed by atoms with Gasteiger partial charge in [0.05, 0.1) is 6.26 Å². The van der Waals surface area contributed by atoms with Gasteiger partial charge in [0.25, 0.3) is 17.4 Å². The molecule has 0 fully saturated rings. The van der Waals surface area contributed by atoms with Crippen LogP contribution < -0.4 is 16.2 Å². The quantitative estimate of drug-likeness (QED) is 0.655. The van der Waals surface area contributed by atoms with E-state index in [-0.39, 0.29) is 28.8 Å². The van der Waals surface area contributed by atoms with Crippen LogP contribution in [0.3, 0.4) is 0 Å². The number of aryl methyl sites for hydroxylation is 1. The van der Waals surface area contributed by atoms with Crippen molar-refractivity contribution >= 4 is 17.5 Å². The largest absolute Gasteiger partial charge is 0.459 e. The summed E-state index contributed by atoms with van der Waals surface area (Å²) in [5, 5.41) is 9.57. The third-order valence-electron chi connectivity index (χ3n) is 3.94. The smallest absolute Gasteiger partial charge is 0.291 e. The Kier molecular flexibility index (Phi) is 6.01. The summed E-state index contributed by atoms with van der Waals surface area (Å²) in [5.74, 6) is -0.465. The number of anilines is 1. The predicted octanol–water partition coefficient (Wildman–Crippen LogP) is 2.43. The second-order valence-electron chi connectivity index (χ2n) is 6.09. The SMILES string of the molecule is CCCn1nc(C(=O)NCc2ccc(NC(=O)c3ccco3)cc2)ccc1=O. The van der Waals surface area contributed by atoms with Gasteiger partial charge in [-0.05, 0) is 42.3 Å².